The van der Waals surface area contributed by atoms with Gasteiger partial charge in [0.2, 0.25) is 0 Å². The normalized spacial score (nSPS) is 35.1. The monoisotopic (exact) mass is 198 g/mol. The second-order valence-electron chi connectivity index (χ2n) is 4.20. The molecule has 0 spiro atoms. The molecule has 1 atom stereocenters. The molecule has 0 bridgehead atoms. The first kappa shape index (κ1) is 9.93. The van der Waals surface area contributed by atoms with Crippen LogP contribution in [0.3, 0.4) is 0 Å². The summed E-state index contributed by atoms with van der Waals surface area (Å²) in [7, 11) is 3.39. The van der Waals surface area contributed by atoms with E-state index in [1.165, 1.54) is 19.4 Å². The molecule has 4 nitrogen and oxygen atoms in total. The van der Waals surface area contributed by atoms with Crippen LogP contribution in [0.25, 0.3) is 0 Å². The lowest BCUT2D eigenvalue weighted by Crippen LogP contribution is -2.42. The lowest BCUT2D eigenvalue weighted by atomic mass is 9.95. The molecular formula is C10H18N2O2. The van der Waals surface area contributed by atoms with E-state index in [4.69, 9.17) is 9.57 Å². The second-order valence-corrected chi connectivity index (χ2v) is 4.20. The Morgan fingerprint density at radius 2 is 2.36 bits per heavy atom. The molecule has 1 unspecified atom stereocenters. The van der Waals surface area contributed by atoms with E-state index >= 15 is 0 Å². The predicted octanol–water partition coefficient (Wildman–Crippen LogP) is 0.873. The Balaban J connectivity index is 2.10. The standard InChI is InChI=1S/C10H18N2O2/c1-13-8-10-4-3-5-12(10)7-9(6-10)11-14-2/h3-8H2,1-2H3/b11-9-. The number of methoxy groups -OCH3 is 1. The minimum Gasteiger partial charge on any atom is -0.399 e. The average Bonchev–Trinajstić information content (AvgIpc) is 2.61. The summed E-state index contributed by atoms with van der Waals surface area (Å²) in [6, 6.07) is 0. The van der Waals surface area contributed by atoms with Crippen molar-refractivity contribution in [3.05, 3.63) is 0 Å². The maximum absolute atomic E-state index is 5.32. The predicted molar refractivity (Wildman–Crippen MR) is 54.5 cm³/mol. The van der Waals surface area contributed by atoms with E-state index in [0.29, 0.717) is 0 Å². The molecule has 2 heterocycles. The van der Waals surface area contributed by atoms with E-state index in [1.807, 2.05) is 0 Å². The van der Waals surface area contributed by atoms with Gasteiger partial charge in [0.15, 0.2) is 0 Å². The van der Waals surface area contributed by atoms with Crippen molar-refractivity contribution < 1.29 is 9.57 Å². The highest BCUT2D eigenvalue weighted by Gasteiger charge is 2.47. The van der Waals surface area contributed by atoms with Crippen molar-refractivity contribution in [2.24, 2.45) is 5.16 Å². The molecule has 2 aliphatic rings. The van der Waals surface area contributed by atoms with Crippen molar-refractivity contribution in [2.45, 2.75) is 24.8 Å². The van der Waals surface area contributed by atoms with Crippen LogP contribution >= 0.6 is 0 Å². The number of oxime groups is 1. The fraction of sp³-hybridized carbons (Fsp3) is 0.900. The number of hydrogen-bond acceptors (Lipinski definition) is 4. The molecule has 0 aromatic rings. The highest BCUT2D eigenvalue weighted by atomic mass is 16.6. The zero-order valence-electron chi connectivity index (χ0n) is 8.95. The van der Waals surface area contributed by atoms with Gasteiger partial charge in [-0.05, 0) is 19.4 Å². The van der Waals surface area contributed by atoms with Crippen LogP contribution < -0.4 is 0 Å². The fourth-order valence-corrected chi connectivity index (χ4v) is 2.77. The zero-order chi connectivity index (χ0) is 10.0. The molecule has 80 valence electrons. The summed E-state index contributed by atoms with van der Waals surface area (Å²) in [5, 5.41) is 4.05. The molecule has 0 amide bonds. The summed E-state index contributed by atoms with van der Waals surface area (Å²) in [5.41, 5.74) is 1.38. The highest BCUT2D eigenvalue weighted by Crippen LogP contribution is 2.37. The van der Waals surface area contributed by atoms with Gasteiger partial charge < -0.3 is 9.57 Å². The van der Waals surface area contributed by atoms with Gasteiger partial charge >= 0.3 is 0 Å². The molecule has 0 saturated carbocycles. The molecule has 0 aromatic carbocycles. The minimum absolute atomic E-state index is 0.228. The lowest BCUT2D eigenvalue weighted by molar-refractivity contribution is 0.0657. The number of rotatable bonds is 3. The lowest BCUT2D eigenvalue weighted by Gasteiger charge is -2.30. The topological polar surface area (TPSA) is 34.1 Å². The van der Waals surface area contributed by atoms with E-state index in [0.717, 1.165) is 25.3 Å². The van der Waals surface area contributed by atoms with Gasteiger partial charge in [-0.15, -0.1) is 0 Å². The van der Waals surface area contributed by atoms with Crippen LogP contribution in [-0.4, -0.2) is 50.1 Å². The molecule has 4 heteroatoms. The van der Waals surface area contributed by atoms with Gasteiger partial charge in [0, 0.05) is 20.1 Å². The van der Waals surface area contributed by atoms with Gasteiger partial charge in [0.25, 0.3) is 0 Å². The van der Waals surface area contributed by atoms with Crippen molar-refractivity contribution in [3.8, 4) is 0 Å². The van der Waals surface area contributed by atoms with Gasteiger partial charge in [-0.25, -0.2) is 0 Å². The van der Waals surface area contributed by atoms with Crippen molar-refractivity contribution in [2.75, 3.05) is 33.9 Å². The zero-order valence-corrected chi connectivity index (χ0v) is 8.95. The summed E-state index contributed by atoms with van der Waals surface area (Å²) in [6.07, 6.45) is 3.52. The maximum Gasteiger partial charge on any atom is 0.106 e. The molecule has 0 aliphatic carbocycles. The smallest absolute Gasteiger partial charge is 0.106 e. The van der Waals surface area contributed by atoms with Crippen LogP contribution in [0.2, 0.25) is 0 Å². The van der Waals surface area contributed by atoms with Gasteiger partial charge in [0.05, 0.1) is 17.9 Å². The third-order valence-corrected chi connectivity index (χ3v) is 3.28. The fourth-order valence-electron chi connectivity index (χ4n) is 2.77. The molecule has 0 radical (unpaired) electrons. The van der Waals surface area contributed by atoms with Crippen LogP contribution in [-0.2, 0) is 9.57 Å². The van der Waals surface area contributed by atoms with E-state index < -0.39 is 0 Å². The van der Waals surface area contributed by atoms with E-state index in [1.54, 1.807) is 14.2 Å². The Morgan fingerprint density at radius 3 is 3.07 bits per heavy atom. The van der Waals surface area contributed by atoms with E-state index in [9.17, 15) is 0 Å². The van der Waals surface area contributed by atoms with Crippen molar-refractivity contribution in [1.82, 2.24) is 4.90 Å². The Labute approximate surface area is 84.8 Å². The minimum atomic E-state index is 0.228. The van der Waals surface area contributed by atoms with Crippen LogP contribution in [0, 0.1) is 0 Å². The molecule has 2 aliphatic heterocycles. The number of nitrogens with zero attached hydrogens (tertiary/aromatic N) is 2. The van der Waals surface area contributed by atoms with Gasteiger partial charge in [0.1, 0.15) is 7.11 Å². The molecule has 2 rings (SSSR count). The molecule has 2 fully saturated rings. The summed E-state index contributed by atoms with van der Waals surface area (Å²) < 4.78 is 5.32. The van der Waals surface area contributed by atoms with Gasteiger partial charge in [-0.1, -0.05) is 5.16 Å². The summed E-state index contributed by atoms with van der Waals surface area (Å²) in [6.45, 7) is 2.94. The van der Waals surface area contributed by atoms with Gasteiger partial charge in [-0.3, -0.25) is 4.90 Å². The van der Waals surface area contributed by atoms with Crippen molar-refractivity contribution in [1.29, 1.82) is 0 Å². The van der Waals surface area contributed by atoms with Gasteiger partial charge in [-0.2, -0.15) is 0 Å². The van der Waals surface area contributed by atoms with Crippen LogP contribution in [0.5, 0.6) is 0 Å². The van der Waals surface area contributed by atoms with Crippen molar-refractivity contribution in [3.63, 3.8) is 0 Å². The van der Waals surface area contributed by atoms with Crippen molar-refractivity contribution >= 4 is 5.71 Å². The van der Waals surface area contributed by atoms with Crippen LogP contribution in [0.1, 0.15) is 19.3 Å². The number of hydrogen-bond donors (Lipinski definition) is 0. The third kappa shape index (κ3) is 1.53. The molecule has 0 N–H and O–H groups in total. The largest absolute Gasteiger partial charge is 0.399 e. The Bertz CT molecular complexity index is 242. The average molecular weight is 198 g/mol. The van der Waals surface area contributed by atoms with Crippen LogP contribution in [0.4, 0.5) is 0 Å². The maximum atomic E-state index is 5.32. The number of fused-ring (bicyclic) bond motifs is 1. The summed E-state index contributed by atoms with van der Waals surface area (Å²) in [4.78, 5) is 7.32. The second kappa shape index (κ2) is 3.87. The van der Waals surface area contributed by atoms with E-state index in [-0.39, 0.29) is 5.54 Å². The molecule has 2 saturated heterocycles. The SMILES string of the molecule is COCC12CCCN1C/C(=N\OC)C2. The quantitative estimate of drug-likeness (QED) is 0.631. The first-order valence-electron chi connectivity index (χ1n) is 5.14. The number of ether oxygens (including phenoxy) is 1. The summed E-state index contributed by atoms with van der Waals surface area (Å²) in [5.74, 6) is 0. The Hall–Kier alpha value is -0.610. The Morgan fingerprint density at radius 1 is 1.50 bits per heavy atom. The third-order valence-electron chi connectivity index (χ3n) is 3.28. The molecular weight excluding hydrogens is 180 g/mol. The highest BCUT2D eigenvalue weighted by molar-refractivity contribution is 5.89. The van der Waals surface area contributed by atoms with E-state index in [2.05, 4.69) is 10.1 Å². The first-order chi connectivity index (χ1) is 6.80. The molecule has 0 aromatic heterocycles. The summed E-state index contributed by atoms with van der Waals surface area (Å²) >= 11 is 0. The molecule has 14 heavy (non-hydrogen) atoms. The van der Waals surface area contributed by atoms with Crippen LogP contribution in [0.15, 0.2) is 5.16 Å². The first-order valence-corrected chi connectivity index (χ1v) is 5.14. The Kier molecular flexibility index (Phi) is 2.74.